The summed E-state index contributed by atoms with van der Waals surface area (Å²) in [7, 11) is 1.80. The zero-order valence-electron chi connectivity index (χ0n) is 12.2. The van der Waals surface area contributed by atoms with E-state index in [9.17, 15) is 4.79 Å². The second-order valence-corrected chi connectivity index (χ2v) is 6.25. The van der Waals surface area contributed by atoms with Crippen LogP contribution < -0.4 is 10.2 Å². The third-order valence-corrected chi connectivity index (χ3v) is 4.00. The lowest BCUT2D eigenvalue weighted by Crippen LogP contribution is -2.48. The molecule has 1 atom stereocenters. The number of halogens is 1. The average Bonchev–Trinajstić information content (AvgIpc) is 2.95. The van der Waals surface area contributed by atoms with E-state index in [1.807, 2.05) is 0 Å². The SMILES string of the molecule is Cn1ccc(C(=O)NC2CCCN(c3ncc(Br)cn3)C2)n1. The molecule has 7 nitrogen and oxygen atoms in total. The number of aryl methyl sites for hydroxylation is 1. The van der Waals surface area contributed by atoms with Gasteiger partial charge in [0, 0.05) is 44.8 Å². The van der Waals surface area contributed by atoms with Gasteiger partial charge >= 0.3 is 0 Å². The first kappa shape index (κ1) is 15.0. The fourth-order valence-corrected chi connectivity index (χ4v) is 2.75. The predicted octanol–water partition coefficient (Wildman–Crippen LogP) is 1.37. The van der Waals surface area contributed by atoms with Crippen molar-refractivity contribution in [3.63, 3.8) is 0 Å². The normalized spacial score (nSPS) is 18.3. The molecule has 0 aliphatic carbocycles. The van der Waals surface area contributed by atoms with Crippen molar-refractivity contribution in [3.05, 3.63) is 34.8 Å². The molecule has 3 rings (SSSR count). The van der Waals surface area contributed by atoms with Gasteiger partial charge in [-0.3, -0.25) is 9.48 Å². The van der Waals surface area contributed by atoms with E-state index in [4.69, 9.17) is 0 Å². The lowest BCUT2D eigenvalue weighted by atomic mass is 10.1. The minimum Gasteiger partial charge on any atom is -0.346 e. The van der Waals surface area contributed by atoms with Crippen molar-refractivity contribution in [1.82, 2.24) is 25.1 Å². The van der Waals surface area contributed by atoms with Gasteiger partial charge in [-0.1, -0.05) is 0 Å². The summed E-state index contributed by atoms with van der Waals surface area (Å²) < 4.78 is 2.48. The minimum absolute atomic E-state index is 0.0792. The van der Waals surface area contributed by atoms with Crippen LogP contribution in [0.5, 0.6) is 0 Å². The first-order valence-corrected chi connectivity index (χ1v) is 7.94. The number of rotatable bonds is 3. The fraction of sp³-hybridized carbons (Fsp3) is 0.429. The van der Waals surface area contributed by atoms with Gasteiger partial charge in [-0.05, 0) is 34.8 Å². The van der Waals surface area contributed by atoms with E-state index in [0.29, 0.717) is 18.2 Å². The summed E-state index contributed by atoms with van der Waals surface area (Å²) in [5, 5.41) is 7.16. The van der Waals surface area contributed by atoms with Gasteiger partial charge < -0.3 is 10.2 Å². The van der Waals surface area contributed by atoms with Crippen molar-refractivity contribution in [3.8, 4) is 0 Å². The maximum atomic E-state index is 12.2. The summed E-state index contributed by atoms with van der Waals surface area (Å²) in [4.78, 5) is 22.9. The smallest absolute Gasteiger partial charge is 0.272 e. The molecule has 0 spiro atoms. The molecular weight excluding hydrogens is 348 g/mol. The van der Waals surface area contributed by atoms with Crippen molar-refractivity contribution in [2.45, 2.75) is 18.9 Å². The topological polar surface area (TPSA) is 75.9 Å². The van der Waals surface area contributed by atoms with E-state index in [-0.39, 0.29) is 11.9 Å². The molecule has 0 radical (unpaired) electrons. The molecule has 1 aliphatic rings. The molecule has 2 aromatic heterocycles. The van der Waals surface area contributed by atoms with E-state index >= 15 is 0 Å². The molecule has 116 valence electrons. The molecule has 1 aliphatic heterocycles. The maximum absolute atomic E-state index is 12.2. The summed E-state index contributed by atoms with van der Waals surface area (Å²) in [5.74, 6) is 0.559. The lowest BCUT2D eigenvalue weighted by Gasteiger charge is -2.32. The van der Waals surface area contributed by atoms with E-state index < -0.39 is 0 Å². The number of aromatic nitrogens is 4. The van der Waals surface area contributed by atoms with E-state index in [2.05, 4.69) is 41.2 Å². The Morgan fingerprint density at radius 2 is 2.18 bits per heavy atom. The molecule has 1 N–H and O–H groups in total. The molecule has 1 saturated heterocycles. The molecule has 22 heavy (non-hydrogen) atoms. The summed E-state index contributed by atoms with van der Waals surface area (Å²) >= 11 is 3.33. The highest BCUT2D eigenvalue weighted by Crippen LogP contribution is 2.17. The molecule has 3 heterocycles. The van der Waals surface area contributed by atoms with Gasteiger partial charge in [-0.25, -0.2) is 9.97 Å². The van der Waals surface area contributed by atoms with E-state index in [0.717, 1.165) is 23.9 Å². The number of amides is 1. The molecular formula is C14H17BrN6O. The number of anilines is 1. The predicted molar refractivity (Wildman–Crippen MR) is 85.6 cm³/mol. The summed E-state index contributed by atoms with van der Waals surface area (Å²) in [6.45, 7) is 1.61. The summed E-state index contributed by atoms with van der Waals surface area (Å²) in [6.07, 6.45) is 7.17. The zero-order chi connectivity index (χ0) is 15.5. The largest absolute Gasteiger partial charge is 0.346 e. The van der Waals surface area contributed by atoms with Gasteiger partial charge in [0.1, 0.15) is 5.69 Å². The van der Waals surface area contributed by atoms with Crippen LogP contribution in [0.25, 0.3) is 0 Å². The van der Waals surface area contributed by atoms with Gasteiger partial charge in [0.05, 0.1) is 4.47 Å². The Balaban J connectivity index is 1.63. The number of piperidine rings is 1. The average molecular weight is 365 g/mol. The Morgan fingerprint density at radius 1 is 1.41 bits per heavy atom. The molecule has 1 fully saturated rings. The molecule has 2 aromatic rings. The number of nitrogens with one attached hydrogen (secondary N) is 1. The van der Waals surface area contributed by atoms with Gasteiger partial charge in [-0.2, -0.15) is 5.10 Å². The van der Waals surface area contributed by atoms with Crippen LogP contribution in [0.3, 0.4) is 0 Å². The van der Waals surface area contributed by atoms with Gasteiger partial charge in [0.25, 0.3) is 5.91 Å². The second-order valence-electron chi connectivity index (χ2n) is 5.33. The van der Waals surface area contributed by atoms with Crippen molar-refractivity contribution >= 4 is 27.8 Å². The minimum atomic E-state index is -0.135. The zero-order valence-corrected chi connectivity index (χ0v) is 13.8. The van der Waals surface area contributed by atoms with Crippen molar-refractivity contribution in [2.24, 2.45) is 7.05 Å². The Hall–Kier alpha value is -1.96. The molecule has 1 unspecified atom stereocenters. The molecule has 0 aromatic carbocycles. The molecule has 8 heteroatoms. The number of carbonyl (C=O) groups is 1. The quantitative estimate of drug-likeness (QED) is 0.889. The van der Waals surface area contributed by atoms with Crippen LogP contribution in [-0.2, 0) is 7.05 Å². The molecule has 0 bridgehead atoms. The number of carbonyl (C=O) groups excluding carboxylic acids is 1. The van der Waals surface area contributed by atoms with Crippen LogP contribution in [0.15, 0.2) is 29.1 Å². The maximum Gasteiger partial charge on any atom is 0.272 e. The van der Waals surface area contributed by atoms with Crippen LogP contribution in [-0.4, -0.2) is 44.8 Å². The fourth-order valence-electron chi connectivity index (χ4n) is 2.54. The van der Waals surface area contributed by atoms with Crippen LogP contribution in [0.1, 0.15) is 23.3 Å². The highest BCUT2D eigenvalue weighted by atomic mass is 79.9. The van der Waals surface area contributed by atoms with Crippen molar-refractivity contribution in [1.29, 1.82) is 0 Å². The standard InChI is InChI=1S/C14H17BrN6O/c1-20-6-4-12(19-20)13(22)18-11-3-2-5-21(9-11)14-16-7-10(15)8-17-14/h4,6-8,11H,2-3,5,9H2,1H3,(H,18,22). The van der Waals surface area contributed by atoms with Gasteiger partial charge in [0.2, 0.25) is 5.95 Å². The van der Waals surface area contributed by atoms with Gasteiger partial charge in [0.15, 0.2) is 0 Å². The van der Waals surface area contributed by atoms with Gasteiger partial charge in [-0.15, -0.1) is 0 Å². The van der Waals surface area contributed by atoms with Crippen molar-refractivity contribution < 1.29 is 4.79 Å². The van der Waals surface area contributed by atoms with Crippen molar-refractivity contribution in [2.75, 3.05) is 18.0 Å². The lowest BCUT2D eigenvalue weighted by molar-refractivity contribution is 0.0927. The Bertz CT molecular complexity index is 656. The van der Waals surface area contributed by atoms with Crippen LogP contribution in [0, 0.1) is 0 Å². The Morgan fingerprint density at radius 3 is 2.86 bits per heavy atom. The van der Waals surface area contributed by atoms with E-state index in [1.165, 1.54) is 0 Å². The van der Waals surface area contributed by atoms with Crippen LogP contribution in [0.2, 0.25) is 0 Å². The summed E-state index contributed by atoms with van der Waals surface area (Å²) in [6, 6.07) is 1.80. The summed E-state index contributed by atoms with van der Waals surface area (Å²) in [5.41, 5.74) is 0.444. The number of hydrogen-bond acceptors (Lipinski definition) is 5. The first-order chi connectivity index (χ1) is 10.6. The third-order valence-electron chi connectivity index (χ3n) is 3.59. The molecule has 0 saturated carbocycles. The first-order valence-electron chi connectivity index (χ1n) is 7.15. The van der Waals surface area contributed by atoms with Crippen LogP contribution >= 0.6 is 15.9 Å². The highest BCUT2D eigenvalue weighted by molar-refractivity contribution is 9.10. The monoisotopic (exact) mass is 364 g/mol. The number of nitrogens with zero attached hydrogens (tertiary/aromatic N) is 5. The highest BCUT2D eigenvalue weighted by Gasteiger charge is 2.24. The van der Waals surface area contributed by atoms with Crippen LogP contribution in [0.4, 0.5) is 5.95 Å². The van der Waals surface area contributed by atoms with E-state index in [1.54, 1.807) is 36.4 Å². The Kier molecular flexibility index (Phi) is 4.37. The Labute approximate surface area is 136 Å². The molecule has 1 amide bonds. The number of hydrogen-bond donors (Lipinski definition) is 1. The third kappa shape index (κ3) is 3.44. The second kappa shape index (κ2) is 6.43.